The van der Waals surface area contributed by atoms with Crippen LogP contribution >= 0.6 is 0 Å². The lowest BCUT2D eigenvalue weighted by Gasteiger charge is -2.40. The molecule has 2 aliphatic rings. The number of methoxy groups -OCH3 is 2. The van der Waals surface area contributed by atoms with Gasteiger partial charge >= 0.3 is 5.97 Å². The molecule has 6 rings (SSSR count). The molecule has 4 aromatic carbocycles. The average Bonchev–Trinajstić information content (AvgIpc) is 3.30. The zero-order valence-corrected chi connectivity index (χ0v) is 22.4. The monoisotopic (exact) mass is 520 g/mol. The fourth-order valence-corrected chi connectivity index (χ4v) is 6.12. The van der Waals surface area contributed by atoms with Crippen molar-refractivity contribution >= 4 is 28.3 Å². The van der Waals surface area contributed by atoms with Crippen LogP contribution in [0.5, 0.6) is 5.75 Å². The number of fused-ring (bicyclic) bond motifs is 3. The summed E-state index contributed by atoms with van der Waals surface area (Å²) in [6.45, 7) is 3.34. The van der Waals surface area contributed by atoms with E-state index in [0.717, 1.165) is 54.7 Å². The summed E-state index contributed by atoms with van der Waals surface area (Å²) in [5, 5.41) is 2.20. The molecule has 0 atom stereocenters. The molecule has 0 unspecified atom stereocenters. The Hall–Kier alpha value is -4.16. The molecule has 1 fully saturated rings. The van der Waals surface area contributed by atoms with E-state index in [0.29, 0.717) is 17.7 Å². The summed E-state index contributed by atoms with van der Waals surface area (Å²) in [6, 6.07) is 27.9. The van der Waals surface area contributed by atoms with Crippen LogP contribution in [0, 0.1) is 0 Å². The van der Waals surface area contributed by atoms with E-state index < -0.39 is 0 Å². The summed E-state index contributed by atoms with van der Waals surface area (Å²) < 4.78 is 10.4. The van der Waals surface area contributed by atoms with E-state index in [4.69, 9.17) is 9.47 Å². The molecule has 4 aromatic rings. The highest BCUT2D eigenvalue weighted by Gasteiger charge is 2.46. The van der Waals surface area contributed by atoms with Gasteiger partial charge in [0, 0.05) is 29.8 Å². The summed E-state index contributed by atoms with van der Waals surface area (Å²) in [6.07, 6.45) is 1.91. The quantitative estimate of drug-likeness (QED) is 0.310. The van der Waals surface area contributed by atoms with Gasteiger partial charge in [0.2, 0.25) is 0 Å². The van der Waals surface area contributed by atoms with Gasteiger partial charge in [-0.05, 0) is 90.3 Å². The Morgan fingerprint density at radius 3 is 2.26 bits per heavy atom. The van der Waals surface area contributed by atoms with Crippen LogP contribution in [0.1, 0.15) is 44.7 Å². The third-order valence-corrected chi connectivity index (χ3v) is 8.36. The first-order valence-electron chi connectivity index (χ1n) is 13.4. The highest BCUT2D eigenvalue weighted by molar-refractivity contribution is 6.09. The maximum absolute atomic E-state index is 13.9. The summed E-state index contributed by atoms with van der Waals surface area (Å²) in [4.78, 5) is 30.1. The van der Waals surface area contributed by atoms with Crippen molar-refractivity contribution in [1.29, 1.82) is 0 Å². The number of benzene rings is 4. The van der Waals surface area contributed by atoms with E-state index in [2.05, 4.69) is 23.1 Å². The number of carbonyl (C=O) groups is 2. The minimum absolute atomic E-state index is 0.0390. The zero-order chi connectivity index (χ0) is 27.0. The van der Waals surface area contributed by atoms with E-state index in [1.54, 1.807) is 7.11 Å². The van der Waals surface area contributed by atoms with Crippen molar-refractivity contribution < 1.29 is 19.1 Å². The summed E-state index contributed by atoms with van der Waals surface area (Å²) in [5.41, 5.74) is 4.52. The van der Waals surface area contributed by atoms with Crippen molar-refractivity contribution in [2.75, 3.05) is 38.8 Å². The predicted octanol–water partition coefficient (Wildman–Crippen LogP) is 5.83. The van der Waals surface area contributed by atoms with Crippen LogP contribution < -0.4 is 9.64 Å². The Bertz CT molecular complexity index is 1540. The van der Waals surface area contributed by atoms with Gasteiger partial charge in [0.15, 0.2) is 0 Å². The normalized spacial score (nSPS) is 16.3. The zero-order valence-electron chi connectivity index (χ0n) is 22.4. The van der Waals surface area contributed by atoms with E-state index in [1.165, 1.54) is 18.2 Å². The molecule has 198 valence electrons. The van der Waals surface area contributed by atoms with E-state index in [-0.39, 0.29) is 17.3 Å². The Morgan fingerprint density at radius 2 is 1.54 bits per heavy atom. The minimum Gasteiger partial charge on any atom is -0.497 e. The second kappa shape index (κ2) is 10.2. The number of rotatable bonds is 5. The largest absolute Gasteiger partial charge is 0.497 e. The number of likely N-dealkylation sites (tertiary alicyclic amines) is 1. The molecule has 6 nitrogen and oxygen atoms in total. The van der Waals surface area contributed by atoms with Gasteiger partial charge in [-0.25, -0.2) is 4.79 Å². The number of esters is 1. The number of hydrogen-bond donors (Lipinski definition) is 0. The topological polar surface area (TPSA) is 59.1 Å². The lowest BCUT2D eigenvalue weighted by molar-refractivity contribution is 0.0600. The molecule has 0 aromatic heterocycles. The van der Waals surface area contributed by atoms with Gasteiger partial charge in [-0.1, -0.05) is 42.5 Å². The van der Waals surface area contributed by atoms with Crippen LogP contribution in [-0.2, 0) is 16.7 Å². The second-order valence-corrected chi connectivity index (χ2v) is 10.6. The van der Waals surface area contributed by atoms with Gasteiger partial charge in [0.05, 0.1) is 19.8 Å². The third kappa shape index (κ3) is 4.66. The minimum atomic E-state index is -0.320. The summed E-state index contributed by atoms with van der Waals surface area (Å²) in [7, 11) is 3.09. The third-order valence-electron chi connectivity index (χ3n) is 8.36. The molecular formula is C33H32N2O4. The van der Waals surface area contributed by atoms with Crippen molar-refractivity contribution in [3.8, 4) is 5.75 Å². The Balaban J connectivity index is 1.23. The fraction of sp³-hybridized carbons (Fsp3) is 0.273. The van der Waals surface area contributed by atoms with Gasteiger partial charge < -0.3 is 14.4 Å². The highest BCUT2D eigenvalue weighted by atomic mass is 16.5. The summed E-state index contributed by atoms with van der Waals surface area (Å²) >= 11 is 0. The van der Waals surface area contributed by atoms with Gasteiger partial charge in [0.25, 0.3) is 5.91 Å². The number of ether oxygens (including phenoxy) is 2. The standard InChI is InChI=1S/C33H32N2O4/c1-38-28-13-14-30-29(20-28)33(22-35(30)31(36)27-12-11-24-5-3-4-6-26(24)19-27)15-17-34(18-16-33)21-23-7-9-25(10-8-23)32(37)39-2/h3-14,19-20H,15-18,21-22H2,1-2H3. The van der Waals surface area contributed by atoms with Crippen LogP contribution in [0.3, 0.4) is 0 Å². The molecule has 6 heteroatoms. The molecule has 0 radical (unpaired) electrons. The molecule has 1 saturated heterocycles. The first kappa shape index (κ1) is 25.1. The van der Waals surface area contributed by atoms with E-state index in [1.807, 2.05) is 71.6 Å². The number of piperidine rings is 1. The number of anilines is 1. The summed E-state index contributed by atoms with van der Waals surface area (Å²) in [5.74, 6) is 0.540. The highest BCUT2D eigenvalue weighted by Crippen LogP contribution is 2.49. The number of hydrogen-bond acceptors (Lipinski definition) is 5. The Kier molecular flexibility index (Phi) is 6.57. The van der Waals surface area contributed by atoms with Gasteiger partial charge in [-0.2, -0.15) is 0 Å². The molecule has 0 N–H and O–H groups in total. The molecule has 39 heavy (non-hydrogen) atoms. The number of nitrogens with zero attached hydrogens (tertiary/aromatic N) is 2. The predicted molar refractivity (Wildman–Crippen MR) is 153 cm³/mol. The Morgan fingerprint density at radius 1 is 0.821 bits per heavy atom. The molecule has 1 amide bonds. The van der Waals surface area contributed by atoms with Crippen molar-refractivity contribution in [1.82, 2.24) is 4.90 Å². The first-order valence-corrected chi connectivity index (χ1v) is 13.4. The molecule has 0 saturated carbocycles. The van der Waals surface area contributed by atoms with Crippen LogP contribution in [0.4, 0.5) is 5.69 Å². The van der Waals surface area contributed by atoms with Crippen molar-refractivity contribution in [2.24, 2.45) is 0 Å². The van der Waals surface area contributed by atoms with Crippen LogP contribution in [0.15, 0.2) is 84.9 Å². The molecule has 0 bridgehead atoms. The lowest BCUT2D eigenvalue weighted by Crippen LogP contribution is -2.45. The molecule has 1 spiro atoms. The molecule has 0 aliphatic carbocycles. The van der Waals surface area contributed by atoms with E-state index in [9.17, 15) is 9.59 Å². The van der Waals surface area contributed by atoms with Crippen LogP contribution in [0.25, 0.3) is 10.8 Å². The van der Waals surface area contributed by atoms with Crippen LogP contribution in [0.2, 0.25) is 0 Å². The number of amides is 1. The van der Waals surface area contributed by atoms with Crippen LogP contribution in [-0.4, -0.2) is 50.6 Å². The van der Waals surface area contributed by atoms with Gasteiger partial charge in [0.1, 0.15) is 5.75 Å². The SMILES string of the molecule is COC(=O)c1ccc(CN2CCC3(CC2)CN(C(=O)c2ccc4ccccc4c2)c2ccc(OC)cc23)cc1. The number of carbonyl (C=O) groups excluding carboxylic acids is 2. The molecular weight excluding hydrogens is 488 g/mol. The van der Waals surface area contributed by atoms with Crippen molar-refractivity contribution in [3.05, 3.63) is 107 Å². The first-order chi connectivity index (χ1) is 19.0. The van der Waals surface area contributed by atoms with E-state index >= 15 is 0 Å². The second-order valence-electron chi connectivity index (χ2n) is 10.6. The van der Waals surface area contributed by atoms with Crippen molar-refractivity contribution in [3.63, 3.8) is 0 Å². The van der Waals surface area contributed by atoms with Crippen molar-refractivity contribution in [2.45, 2.75) is 24.8 Å². The lowest BCUT2D eigenvalue weighted by atomic mass is 9.74. The van der Waals surface area contributed by atoms with Gasteiger partial charge in [-0.3, -0.25) is 9.69 Å². The smallest absolute Gasteiger partial charge is 0.337 e. The molecule has 2 heterocycles. The maximum Gasteiger partial charge on any atom is 0.337 e. The molecule has 2 aliphatic heterocycles. The Labute approximate surface area is 228 Å². The fourth-order valence-electron chi connectivity index (χ4n) is 6.12. The average molecular weight is 521 g/mol. The maximum atomic E-state index is 13.9. The van der Waals surface area contributed by atoms with Gasteiger partial charge in [-0.15, -0.1) is 0 Å².